The number of aromatic nitrogens is 7. The number of nitrogens with zero attached hydrogens (tertiary/aromatic N) is 8. The number of hydrogen-bond acceptors (Lipinski definition) is 18. The van der Waals surface area contributed by atoms with Crippen LogP contribution in [0.2, 0.25) is 36.3 Å². The molecule has 0 amide bonds. The topological polar surface area (TPSA) is 292 Å². The first kappa shape index (κ1) is 44.9. The number of fused-ring (bicyclic) bond motifs is 5. The van der Waals surface area contributed by atoms with Crippen molar-refractivity contribution >= 4 is 66.0 Å². The second-order valence-corrected chi connectivity index (χ2v) is 30.3. The van der Waals surface area contributed by atoms with Crippen LogP contribution in [0.5, 0.6) is 0 Å². The number of rotatable bonds is 7. The minimum Gasteiger partial charge on any atom is -0.408 e. The van der Waals surface area contributed by atoms with E-state index in [1.165, 1.54) is 35.4 Å². The van der Waals surface area contributed by atoms with E-state index in [0.717, 1.165) is 4.68 Å². The highest BCUT2D eigenvalue weighted by molar-refractivity contribution is 7.47. The van der Waals surface area contributed by atoms with E-state index in [9.17, 15) is 29.0 Å². The standard InChI is InChI=1S/C33H51N9O14P2Si2/c1-32(2,3)59(7,8)55-25-21-15-50-57(45,46)53-24-20(51-30(27(24)56-60(9,10)33(4,5)6)40-17-37-23-28(34)35-16-36-29(23)40)14-49-58(47,48)54-26(25)31(52-21)41-18-12-11-13-19(42(43)44)22(18)38-39-41/h11-13,16-17,20-21,24-27,30-31H,14-15H2,1-10H3,(H,45,46)(H,47,48)(H2,34,35,36)/t20-,21-,24-,25-,26-,27-,30-,31-/m1/s1. The maximum absolute atomic E-state index is 14.2. The number of phosphoric acid groups is 2. The van der Waals surface area contributed by atoms with Crippen LogP contribution in [0.3, 0.4) is 0 Å². The van der Waals surface area contributed by atoms with Crippen LogP contribution in [-0.2, 0) is 45.6 Å². The molecule has 3 saturated heterocycles. The summed E-state index contributed by atoms with van der Waals surface area (Å²) in [6.07, 6.45) is -8.01. The highest BCUT2D eigenvalue weighted by Gasteiger charge is 2.58. The molecule has 2 unspecified atom stereocenters. The smallest absolute Gasteiger partial charge is 0.408 e. The molecule has 23 nitrogen and oxygen atoms in total. The molecule has 0 saturated carbocycles. The number of anilines is 1. The molecule has 4 aromatic rings. The Morgan fingerprint density at radius 1 is 0.850 bits per heavy atom. The van der Waals surface area contributed by atoms with Gasteiger partial charge >= 0.3 is 15.6 Å². The Morgan fingerprint density at radius 2 is 1.43 bits per heavy atom. The lowest BCUT2D eigenvalue weighted by Gasteiger charge is -2.40. The van der Waals surface area contributed by atoms with Gasteiger partial charge in [0.25, 0.3) is 5.69 Å². The number of nitrogens with two attached hydrogens (primary N) is 1. The molecule has 3 aliphatic heterocycles. The Balaban J connectivity index is 1.31. The van der Waals surface area contributed by atoms with Crippen molar-refractivity contribution in [1.29, 1.82) is 0 Å². The van der Waals surface area contributed by atoms with Crippen molar-refractivity contribution in [3.05, 3.63) is 41.0 Å². The number of nitrogen functional groups attached to an aromatic ring is 1. The van der Waals surface area contributed by atoms with Gasteiger partial charge in [0.1, 0.15) is 48.5 Å². The van der Waals surface area contributed by atoms with Crippen molar-refractivity contribution in [1.82, 2.24) is 34.5 Å². The number of phosphoric ester groups is 2. The molecule has 7 rings (SSSR count). The van der Waals surface area contributed by atoms with Crippen molar-refractivity contribution in [2.24, 2.45) is 0 Å². The van der Waals surface area contributed by atoms with E-state index in [0.29, 0.717) is 0 Å². The number of nitro benzene ring substituents is 1. The molecule has 3 fully saturated rings. The molecule has 2 bridgehead atoms. The Bertz CT molecular complexity index is 2370. The van der Waals surface area contributed by atoms with Crippen LogP contribution in [0.4, 0.5) is 11.5 Å². The molecule has 0 aliphatic carbocycles. The maximum Gasteiger partial charge on any atom is 0.472 e. The first-order chi connectivity index (χ1) is 27.7. The number of benzene rings is 1. The Labute approximate surface area is 346 Å². The van der Waals surface area contributed by atoms with E-state index in [1.807, 2.05) is 67.7 Å². The van der Waals surface area contributed by atoms with Crippen molar-refractivity contribution in [3.63, 3.8) is 0 Å². The van der Waals surface area contributed by atoms with Gasteiger partial charge in [-0.1, -0.05) is 52.8 Å². The first-order valence-electron chi connectivity index (χ1n) is 19.1. The summed E-state index contributed by atoms with van der Waals surface area (Å²) in [5, 5.41) is 19.2. The zero-order valence-electron chi connectivity index (χ0n) is 34.8. The average molecular weight is 916 g/mol. The molecule has 0 spiro atoms. The monoisotopic (exact) mass is 915 g/mol. The van der Waals surface area contributed by atoms with Gasteiger partial charge in [-0.25, -0.2) is 28.8 Å². The summed E-state index contributed by atoms with van der Waals surface area (Å²) >= 11 is 0. The minimum atomic E-state index is -5.17. The van der Waals surface area contributed by atoms with Crippen LogP contribution in [0.1, 0.15) is 54.0 Å². The average Bonchev–Trinajstić information content (AvgIpc) is 3.90. The number of hydrogen-bond donors (Lipinski definition) is 3. The Hall–Kier alpha value is -3.14. The van der Waals surface area contributed by atoms with Crippen molar-refractivity contribution in [2.45, 2.75) is 127 Å². The fourth-order valence-corrected chi connectivity index (χ4v) is 11.2. The maximum atomic E-state index is 14.2. The lowest BCUT2D eigenvalue weighted by Crippen LogP contribution is -2.50. The van der Waals surface area contributed by atoms with Crippen LogP contribution in [0, 0.1) is 10.1 Å². The third-order valence-corrected chi connectivity index (χ3v) is 22.9. The second kappa shape index (κ2) is 15.6. The first-order valence-corrected chi connectivity index (χ1v) is 27.9. The molecule has 0 radical (unpaired) electrons. The lowest BCUT2D eigenvalue weighted by molar-refractivity contribution is -0.383. The predicted molar refractivity (Wildman–Crippen MR) is 217 cm³/mol. The molecule has 6 heterocycles. The molecule has 27 heteroatoms. The Morgan fingerprint density at radius 3 is 2.05 bits per heavy atom. The predicted octanol–water partition coefficient (Wildman–Crippen LogP) is 5.36. The van der Waals surface area contributed by atoms with Gasteiger partial charge in [0.05, 0.1) is 30.0 Å². The summed E-state index contributed by atoms with van der Waals surface area (Å²) in [7, 11) is -15.9. The summed E-state index contributed by atoms with van der Waals surface area (Å²) < 4.78 is 80.9. The van der Waals surface area contributed by atoms with Gasteiger partial charge in [-0.2, -0.15) is 0 Å². The van der Waals surface area contributed by atoms with E-state index in [1.54, 1.807) is 0 Å². The van der Waals surface area contributed by atoms with E-state index in [4.69, 9.17) is 42.2 Å². The number of imidazole rings is 1. The zero-order chi connectivity index (χ0) is 44.0. The van der Waals surface area contributed by atoms with Crippen LogP contribution in [0.25, 0.3) is 22.2 Å². The summed E-state index contributed by atoms with van der Waals surface area (Å²) in [5.74, 6) is 0.0930. The number of ether oxygens (including phenoxy) is 2. The fourth-order valence-electron chi connectivity index (χ4n) is 6.69. The van der Waals surface area contributed by atoms with Gasteiger partial charge in [-0.15, -0.1) is 5.10 Å². The zero-order valence-corrected chi connectivity index (χ0v) is 38.6. The van der Waals surface area contributed by atoms with E-state index in [-0.39, 0.29) is 38.7 Å². The summed E-state index contributed by atoms with van der Waals surface area (Å²) in [5.41, 5.74) is 6.29. The van der Waals surface area contributed by atoms with Gasteiger partial charge in [0.2, 0.25) is 0 Å². The minimum absolute atomic E-state index is 0.0919. The van der Waals surface area contributed by atoms with Gasteiger partial charge in [0.15, 0.2) is 46.1 Å². The van der Waals surface area contributed by atoms with Gasteiger partial charge < -0.3 is 33.8 Å². The summed E-state index contributed by atoms with van der Waals surface area (Å²) in [6, 6.07) is 4.17. The third-order valence-electron chi connectivity index (χ3n) is 11.9. The quantitative estimate of drug-likeness (QED) is 0.0910. The molecule has 60 heavy (non-hydrogen) atoms. The highest BCUT2D eigenvalue weighted by Crippen LogP contribution is 2.56. The van der Waals surface area contributed by atoms with Crippen molar-refractivity contribution in [2.75, 3.05) is 18.9 Å². The molecular formula is C33H51N9O14P2Si2. The summed E-state index contributed by atoms with van der Waals surface area (Å²) in [6.45, 7) is 18.3. The normalized spacial score (nSPS) is 32.4. The molecule has 3 aromatic heterocycles. The molecule has 10 atom stereocenters. The van der Waals surface area contributed by atoms with Crippen LogP contribution >= 0.6 is 15.6 Å². The van der Waals surface area contributed by atoms with E-state index in [2.05, 4.69) is 25.3 Å². The molecule has 4 N–H and O–H groups in total. The lowest BCUT2D eigenvalue weighted by atomic mass is 10.1. The van der Waals surface area contributed by atoms with Gasteiger partial charge in [0, 0.05) is 6.07 Å². The van der Waals surface area contributed by atoms with Crippen molar-refractivity contribution in [3.8, 4) is 0 Å². The van der Waals surface area contributed by atoms with Gasteiger partial charge in [-0.3, -0.25) is 32.8 Å². The molecule has 3 aliphatic rings. The fraction of sp³-hybridized carbons (Fsp3) is 0.667. The SMILES string of the molecule is CC(C)(C)[Si](C)(C)O[C@@H]1[C@@H]2OP(=O)(O)OC[C@H]3O[C@@H](n4nnc5c([N+](=O)[O-])cccc54)[C@H](OP(=O)(O)OC[C@H]2O[C@H]1n1cnc2c(N)ncnc21)[C@@H]3O[Si](C)(C)C(C)(C)C. The highest BCUT2D eigenvalue weighted by atomic mass is 31.2. The van der Waals surface area contributed by atoms with E-state index < -0.39 is 105 Å². The number of nitro groups is 1. The van der Waals surface area contributed by atoms with E-state index >= 15 is 0 Å². The molecular weight excluding hydrogens is 865 g/mol. The largest absolute Gasteiger partial charge is 0.472 e. The Kier molecular flexibility index (Phi) is 11.7. The van der Waals surface area contributed by atoms with Gasteiger partial charge in [-0.05, 0) is 42.3 Å². The van der Waals surface area contributed by atoms with Crippen LogP contribution in [-0.4, -0.2) is 116 Å². The third kappa shape index (κ3) is 8.50. The van der Waals surface area contributed by atoms with Crippen LogP contribution < -0.4 is 5.73 Å². The second-order valence-electron chi connectivity index (χ2n) is 18.0. The molecule has 1 aromatic carbocycles. The number of non-ortho nitro benzene ring substituents is 1. The van der Waals surface area contributed by atoms with Crippen LogP contribution in [0.15, 0.2) is 30.9 Å². The molecule has 330 valence electrons. The van der Waals surface area contributed by atoms with Crippen molar-refractivity contribution < 1.29 is 60.3 Å². The summed E-state index contributed by atoms with van der Waals surface area (Å²) in [4.78, 5) is 47.0.